The first-order valence-corrected chi connectivity index (χ1v) is 8.24. The Morgan fingerprint density at radius 3 is 2.11 bits per heavy atom. The molecule has 2 aromatic heterocycles. The first-order valence-electron chi connectivity index (χ1n) is 8.74. The summed E-state index contributed by atoms with van der Waals surface area (Å²) in [5.74, 6) is 13.3. The van der Waals surface area contributed by atoms with Crippen LogP contribution in [0.4, 0.5) is 5.82 Å². The van der Waals surface area contributed by atoms with Crippen molar-refractivity contribution >= 4 is 17.0 Å². The van der Waals surface area contributed by atoms with Gasteiger partial charge >= 0.3 is 0 Å². The van der Waals surface area contributed by atoms with Crippen LogP contribution in [-0.4, -0.2) is 19.5 Å². The topological polar surface area (TPSA) is 69.6 Å². The third kappa shape index (κ3) is 3.49. The fraction of sp³-hybridized carbons (Fsp3) is 0.0455. The second kappa shape index (κ2) is 7.03. The van der Waals surface area contributed by atoms with E-state index in [9.17, 15) is 0 Å². The van der Waals surface area contributed by atoms with Gasteiger partial charge < -0.3 is 10.3 Å². The van der Waals surface area contributed by atoms with E-state index in [2.05, 4.69) is 38.6 Å². The second-order valence-corrected chi connectivity index (χ2v) is 5.79. The van der Waals surface area contributed by atoms with Crippen LogP contribution in [0.5, 0.6) is 0 Å². The van der Waals surface area contributed by atoms with Gasteiger partial charge in [0.25, 0.3) is 0 Å². The lowest BCUT2D eigenvalue weighted by Gasteiger charge is -1.95. The zero-order valence-electron chi connectivity index (χ0n) is 15.6. The number of nitrogens with two attached hydrogens (primary N) is 1. The van der Waals surface area contributed by atoms with Crippen LogP contribution in [0.15, 0.2) is 60.9 Å². The van der Waals surface area contributed by atoms with E-state index in [0.717, 1.165) is 16.7 Å². The number of rotatable bonds is 0. The Kier molecular flexibility index (Phi) is 3.96. The minimum absolute atomic E-state index is 0.342. The number of nitrogen functional groups attached to an aromatic ring is 1. The van der Waals surface area contributed by atoms with Gasteiger partial charge in [0, 0.05) is 23.7 Å². The Balaban J connectivity index is 1.56. The van der Waals surface area contributed by atoms with Gasteiger partial charge in [-0.3, -0.25) is 0 Å². The predicted octanol–water partition coefficient (Wildman–Crippen LogP) is 2.75. The van der Waals surface area contributed by atoms with Crippen LogP contribution >= 0.6 is 0 Å². The molecule has 0 saturated carbocycles. The molecule has 0 radical (unpaired) electrons. The maximum Gasteiger partial charge on any atom is 0.187 e. The molecule has 0 saturated heterocycles. The first-order chi connectivity index (χ1) is 13.6. The van der Waals surface area contributed by atoms with Crippen LogP contribution in [0.25, 0.3) is 11.2 Å². The number of hydrogen-bond donors (Lipinski definition) is 1. The van der Waals surface area contributed by atoms with Crippen molar-refractivity contribution < 1.29 is 1.37 Å². The number of aromatic nitrogens is 4. The molecule has 0 aliphatic heterocycles. The Labute approximate surface area is 158 Å². The molecule has 2 N–H and O–H groups in total. The van der Waals surface area contributed by atoms with E-state index in [1.807, 2.05) is 43.4 Å². The van der Waals surface area contributed by atoms with E-state index in [1.165, 1.54) is 6.33 Å². The molecule has 0 aliphatic rings. The highest BCUT2D eigenvalue weighted by atomic mass is 15.1. The van der Waals surface area contributed by atoms with Gasteiger partial charge in [-0.25, -0.2) is 15.0 Å². The van der Waals surface area contributed by atoms with Crippen LogP contribution in [0.2, 0.25) is 0 Å². The molecular weight excluding hydrogens is 334 g/mol. The van der Waals surface area contributed by atoms with Crippen LogP contribution in [0, 0.1) is 23.7 Å². The van der Waals surface area contributed by atoms with Gasteiger partial charge in [0.1, 0.15) is 6.33 Å². The molecule has 128 valence electrons. The first kappa shape index (κ1) is 15.2. The lowest BCUT2D eigenvalue weighted by atomic mass is 10.1. The van der Waals surface area contributed by atoms with Gasteiger partial charge in [0.15, 0.2) is 22.8 Å². The summed E-state index contributed by atoms with van der Waals surface area (Å²) in [4.78, 5) is 12.6. The van der Waals surface area contributed by atoms with Crippen molar-refractivity contribution in [3.8, 4) is 23.7 Å². The number of anilines is 1. The number of imidazole rings is 1. The summed E-state index contributed by atoms with van der Waals surface area (Å²) in [5.41, 5.74) is 9.68. The summed E-state index contributed by atoms with van der Waals surface area (Å²) in [6.07, 6.45) is 1.41. The smallest absolute Gasteiger partial charge is 0.187 e. The minimum atomic E-state index is 0.342. The normalized spacial score (nSPS) is 10.5. The van der Waals surface area contributed by atoms with Crippen molar-refractivity contribution in [3.63, 3.8) is 0 Å². The molecular formula is C22H15N5. The van der Waals surface area contributed by atoms with Gasteiger partial charge in [-0.05, 0) is 42.3 Å². The standard InChI is InChI=1S/C22H15N5/c1-27-19(26-20-21(23)24-15-25-22(20)27)14-13-18-11-9-17(10-12-18)8-7-16-5-3-2-4-6-16/h2-6,9-12,15H,1H3,(H2,23,24,25)/i2T. The maximum atomic E-state index is 7.49. The molecule has 0 aliphatic carbocycles. The summed E-state index contributed by atoms with van der Waals surface area (Å²) >= 11 is 0. The van der Waals surface area contributed by atoms with E-state index in [4.69, 9.17) is 7.10 Å². The molecule has 27 heavy (non-hydrogen) atoms. The zero-order valence-corrected chi connectivity index (χ0v) is 14.6. The number of aryl methyl sites for hydroxylation is 1. The van der Waals surface area contributed by atoms with Crippen LogP contribution in [0.1, 0.15) is 23.9 Å². The highest BCUT2D eigenvalue weighted by Gasteiger charge is 2.09. The highest BCUT2D eigenvalue weighted by Crippen LogP contribution is 2.15. The minimum Gasteiger partial charge on any atom is -0.382 e. The number of benzene rings is 2. The fourth-order valence-electron chi connectivity index (χ4n) is 2.51. The molecule has 0 amide bonds. The average molecular weight is 351 g/mol. The number of hydrogen-bond acceptors (Lipinski definition) is 4. The van der Waals surface area contributed by atoms with Gasteiger partial charge in [0.05, 0.1) is 1.37 Å². The molecule has 2 heterocycles. The van der Waals surface area contributed by atoms with E-state index < -0.39 is 0 Å². The van der Waals surface area contributed by atoms with Crippen molar-refractivity contribution in [2.45, 2.75) is 0 Å². The van der Waals surface area contributed by atoms with Gasteiger partial charge in [-0.2, -0.15) is 0 Å². The van der Waals surface area contributed by atoms with E-state index >= 15 is 0 Å². The predicted molar refractivity (Wildman–Crippen MR) is 106 cm³/mol. The van der Waals surface area contributed by atoms with Crippen LogP contribution in [0.3, 0.4) is 0 Å². The van der Waals surface area contributed by atoms with Crippen molar-refractivity contribution in [2.75, 3.05) is 5.73 Å². The molecule has 0 atom stereocenters. The third-order valence-electron chi connectivity index (χ3n) is 3.96. The van der Waals surface area contributed by atoms with Crippen molar-refractivity contribution in [2.24, 2.45) is 7.05 Å². The van der Waals surface area contributed by atoms with Crippen LogP contribution < -0.4 is 5.73 Å². The average Bonchev–Trinajstić information content (AvgIpc) is 3.04. The third-order valence-corrected chi connectivity index (χ3v) is 3.96. The van der Waals surface area contributed by atoms with E-state index in [0.29, 0.717) is 28.8 Å². The molecule has 4 aromatic rings. The van der Waals surface area contributed by atoms with Crippen LogP contribution in [-0.2, 0) is 7.05 Å². The summed E-state index contributed by atoms with van der Waals surface area (Å²) in [7, 11) is 1.84. The van der Waals surface area contributed by atoms with Gasteiger partial charge in [-0.15, -0.1) is 0 Å². The van der Waals surface area contributed by atoms with Crippen molar-refractivity contribution in [1.82, 2.24) is 19.5 Å². The zero-order chi connectivity index (χ0) is 19.5. The molecule has 0 unspecified atom stereocenters. The Hall–Kier alpha value is -4.09. The number of nitrogens with zero attached hydrogens (tertiary/aromatic N) is 4. The van der Waals surface area contributed by atoms with E-state index in [1.54, 1.807) is 16.7 Å². The Morgan fingerprint density at radius 2 is 1.48 bits per heavy atom. The molecule has 5 heteroatoms. The molecule has 2 aromatic carbocycles. The SMILES string of the molecule is [3H]c1ccc(C#Cc2ccc(C#Cc3nc4c(N)ncnc4n3C)cc2)cc1. The molecule has 4 rings (SSSR count). The van der Waals surface area contributed by atoms with Gasteiger partial charge in [0.2, 0.25) is 0 Å². The number of fused-ring (bicyclic) bond motifs is 1. The summed E-state index contributed by atoms with van der Waals surface area (Å²) in [5, 5.41) is 0. The molecule has 0 bridgehead atoms. The quantitative estimate of drug-likeness (QED) is 0.495. The highest BCUT2D eigenvalue weighted by molar-refractivity contribution is 5.82. The Morgan fingerprint density at radius 1 is 0.889 bits per heavy atom. The largest absolute Gasteiger partial charge is 0.382 e. The van der Waals surface area contributed by atoms with E-state index in [-0.39, 0.29) is 0 Å². The summed E-state index contributed by atoms with van der Waals surface area (Å²) in [6.45, 7) is 0. The lowest BCUT2D eigenvalue weighted by molar-refractivity contribution is 0.908. The molecule has 5 nitrogen and oxygen atoms in total. The summed E-state index contributed by atoms with van der Waals surface area (Å²) < 4.78 is 9.28. The second-order valence-electron chi connectivity index (χ2n) is 5.79. The van der Waals surface area contributed by atoms with Crippen molar-refractivity contribution in [1.29, 1.82) is 0 Å². The van der Waals surface area contributed by atoms with Crippen molar-refractivity contribution in [3.05, 3.63) is 83.4 Å². The Bertz CT molecular complexity index is 1280. The maximum absolute atomic E-state index is 7.49. The lowest BCUT2D eigenvalue weighted by Crippen LogP contribution is -1.95. The molecule has 0 fully saturated rings. The monoisotopic (exact) mass is 351 g/mol. The fourth-order valence-corrected chi connectivity index (χ4v) is 2.51. The molecule has 0 spiro atoms. The summed E-state index contributed by atoms with van der Waals surface area (Å²) in [6, 6.07) is 15.3. The van der Waals surface area contributed by atoms with Gasteiger partial charge in [-0.1, -0.05) is 35.9 Å².